The zero-order chi connectivity index (χ0) is 12.5. The van der Waals surface area contributed by atoms with E-state index >= 15 is 0 Å². The summed E-state index contributed by atoms with van der Waals surface area (Å²) in [6.45, 7) is 2.00. The summed E-state index contributed by atoms with van der Waals surface area (Å²) in [7, 11) is 0. The molecule has 98 valence electrons. The number of rotatable bonds is 6. The molecule has 6 heteroatoms. The number of carbonyl (C=O) groups is 1. The van der Waals surface area contributed by atoms with Crippen LogP contribution in [-0.4, -0.2) is 44.9 Å². The first-order valence-electron chi connectivity index (χ1n) is 6.69. The zero-order valence-electron chi connectivity index (χ0n) is 10.5. The number of amides is 1. The predicted octanol–water partition coefficient (Wildman–Crippen LogP) is 0.251. The third-order valence-electron chi connectivity index (χ3n) is 3.52. The van der Waals surface area contributed by atoms with E-state index in [1.807, 2.05) is 4.90 Å². The first-order valence-corrected chi connectivity index (χ1v) is 6.69. The number of aromatic nitrogens is 3. The van der Waals surface area contributed by atoms with E-state index in [-0.39, 0.29) is 5.91 Å². The average Bonchev–Trinajstić information content (AvgIpc) is 3.26. The van der Waals surface area contributed by atoms with E-state index in [9.17, 15) is 4.79 Å². The van der Waals surface area contributed by atoms with Gasteiger partial charge in [0.1, 0.15) is 0 Å². The minimum Gasteiger partial charge on any atom is -0.334 e. The molecular formula is C12H19N5O. The predicted molar refractivity (Wildman–Crippen MR) is 65.9 cm³/mol. The maximum atomic E-state index is 12.4. The van der Waals surface area contributed by atoms with Gasteiger partial charge in [-0.05, 0) is 31.6 Å². The van der Waals surface area contributed by atoms with Crippen molar-refractivity contribution in [1.82, 2.24) is 19.9 Å². The van der Waals surface area contributed by atoms with Crippen LogP contribution in [0.2, 0.25) is 0 Å². The number of hydrogen-bond acceptors (Lipinski definition) is 4. The fourth-order valence-corrected chi connectivity index (χ4v) is 2.15. The highest BCUT2D eigenvalue weighted by Gasteiger charge is 2.37. The normalized spacial score (nSPS) is 18.9. The molecule has 0 bridgehead atoms. The Morgan fingerprint density at radius 2 is 2.22 bits per heavy atom. The summed E-state index contributed by atoms with van der Waals surface area (Å²) in [5, 5.41) is 7.88. The van der Waals surface area contributed by atoms with Crippen LogP contribution in [-0.2, 0) is 6.54 Å². The van der Waals surface area contributed by atoms with E-state index in [0.717, 1.165) is 19.4 Å². The number of nitrogens with zero attached hydrogens (tertiary/aromatic N) is 4. The van der Waals surface area contributed by atoms with Gasteiger partial charge in [0.25, 0.3) is 5.91 Å². The SMILES string of the molecule is NCCn1cc(C(=O)N(CC2CC2)C2CC2)nn1. The average molecular weight is 249 g/mol. The van der Waals surface area contributed by atoms with Crippen LogP contribution in [0.5, 0.6) is 0 Å². The molecule has 2 saturated carbocycles. The van der Waals surface area contributed by atoms with E-state index < -0.39 is 0 Å². The molecule has 0 spiro atoms. The highest BCUT2D eigenvalue weighted by atomic mass is 16.2. The monoisotopic (exact) mass is 249 g/mol. The van der Waals surface area contributed by atoms with Gasteiger partial charge < -0.3 is 10.6 Å². The Balaban J connectivity index is 1.69. The van der Waals surface area contributed by atoms with Crippen molar-refractivity contribution in [2.75, 3.05) is 13.1 Å². The van der Waals surface area contributed by atoms with Gasteiger partial charge in [0.15, 0.2) is 5.69 Å². The Kier molecular flexibility index (Phi) is 3.03. The smallest absolute Gasteiger partial charge is 0.276 e. The number of carbonyl (C=O) groups excluding carboxylic acids is 1. The highest BCUT2D eigenvalue weighted by molar-refractivity contribution is 5.92. The lowest BCUT2D eigenvalue weighted by Gasteiger charge is -2.20. The summed E-state index contributed by atoms with van der Waals surface area (Å²) in [4.78, 5) is 14.4. The molecule has 1 heterocycles. The van der Waals surface area contributed by atoms with Gasteiger partial charge in [0, 0.05) is 19.1 Å². The lowest BCUT2D eigenvalue weighted by molar-refractivity contribution is 0.0728. The number of hydrogen-bond donors (Lipinski definition) is 1. The van der Waals surface area contributed by atoms with E-state index in [1.165, 1.54) is 12.8 Å². The van der Waals surface area contributed by atoms with Gasteiger partial charge in [-0.2, -0.15) is 0 Å². The topological polar surface area (TPSA) is 77.0 Å². The Morgan fingerprint density at radius 3 is 2.83 bits per heavy atom. The van der Waals surface area contributed by atoms with Crippen LogP contribution >= 0.6 is 0 Å². The molecule has 2 aliphatic carbocycles. The van der Waals surface area contributed by atoms with Gasteiger partial charge in [-0.3, -0.25) is 9.48 Å². The van der Waals surface area contributed by atoms with Crippen molar-refractivity contribution in [3.8, 4) is 0 Å². The lowest BCUT2D eigenvalue weighted by atomic mass is 10.3. The Hall–Kier alpha value is -1.43. The molecule has 0 aromatic carbocycles. The zero-order valence-corrected chi connectivity index (χ0v) is 10.5. The van der Waals surface area contributed by atoms with Crippen LogP contribution in [0, 0.1) is 5.92 Å². The quantitative estimate of drug-likeness (QED) is 0.784. The van der Waals surface area contributed by atoms with E-state index in [0.29, 0.717) is 30.7 Å². The van der Waals surface area contributed by atoms with Crippen molar-refractivity contribution in [2.24, 2.45) is 11.7 Å². The molecule has 0 unspecified atom stereocenters. The maximum absolute atomic E-state index is 12.4. The molecule has 1 aromatic heterocycles. The summed E-state index contributed by atoms with van der Waals surface area (Å²) in [6.07, 6.45) is 6.50. The van der Waals surface area contributed by atoms with E-state index in [4.69, 9.17) is 5.73 Å². The molecule has 18 heavy (non-hydrogen) atoms. The standard InChI is InChI=1S/C12H19N5O/c13-5-6-16-8-11(14-15-16)12(18)17(10-3-4-10)7-9-1-2-9/h8-10H,1-7,13H2. The van der Waals surface area contributed by atoms with Crippen LogP contribution in [0.25, 0.3) is 0 Å². The molecule has 0 radical (unpaired) electrons. The van der Waals surface area contributed by atoms with Gasteiger partial charge in [-0.1, -0.05) is 5.21 Å². The molecule has 1 amide bonds. The third-order valence-corrected chi connectivity index (χ3v) is 3.52. The van der Waals surface area contributed by atoms with Gasteiger partial charge in [-0.25, -0.2) is 0 Å². The number of nitrogens with two attached hydrogens (primary N) is 1. The van der Waals surface area contributed by atoms with Crippen molar-refractivity contribution in [2.45, 2.75) is 38.3 Å². The van der Waals surface area contributed by atoms with E-state index in [2.05, 4.69) is 10.3 Å². The lowest BCUT2D eigenvalue weighted by Crippen LogP contribution is -2.35. The van der Waals surface area contributed by atoms with Gasteiger partial charge in [0.2, 0.25) is 0 Å². The van der Waals surface area contributed by atoms with Crippen molar-refractivity contribution in [3.63, 3.8) is 0 Å². The molecule has 2 aliphatic rings. The molecule has 0 aliphatic heterocycles. The van der Waals surface area contributed by atoms with Crippen molar-refractivity contribution in [3.05, 3.63) is 11.9 Å². The molecule has 0 atom stereocenters. The highest BCUT2D eigenvalue weighted by Crippen LogP contribution is 2.35. The van der Waals surface area contributed by atoms with Gasteiger partial charge >= 0.3 is 0 Å². The van der Waals surface area contributed by atoms with Gasteiger partial charge in [0.05, 0.1) is 12.7 Å². The molecular weight excluding hydrogens is 230 g/mol. The first kappa shape index (κ1) is 11.6. The van der Waals surface area contributed by atoms with Crippen LogP contribution in [0.15, 0.2) is 6.20 Å². The summed E-state index contributed by atoms with van der Waals surface area (Å²) < 4.78 is 1.63. The molecule has 1 aromatic rings. The Morgan fingerprint density at radius 1 is 1.44 bits per heavy atom. The van der Waals surface area contributed by atoms with Crippen LogP contribution in [0.1, 0.15) is 36.2 Å². The molecule has 3 rings (SSSR count). The van der Waals surface area contributed by atoms with Crippen molar-refractivity contribution in [1.29, 1.82) is 0 Å². The van der Waals surface area contributed by atoms with Crippen molar-refractivity contribution < 1.29 is 4.79 Å². The second-order valence-electron chi connectivity index (χ2n) is 5.29. The fourth-order valence-electron chi connectivity index (χ4n) is 2.15. The first-order chi connectivity index (χ1) is 8.78. The Bertz CT molecular complexity index is 435. The minimum atomic E-state index is 0.0349. The second-order valence-corrected chi connectivity index (χ2v) is 5.29. The van der Waals surface area contributed by atoms with Crippen LogP contribution in [0.4, 0.5) is 0 Å². The summed E-state index contributed by atoms with van der Waals surface area (Å²) in [6, 6.07) is 0.442. The summed E-state index contributed by atoms with van der Waals surface area (Å²) in [5.41, 5.74) is 5.91. The van der Waals surface area contributed by atoms with Crippen LogP contribution in [0.3, 0.4) is 0 Å². The molecule has 2 N–H and O–H groups in total. The van der Waals surface area contributed by atoms with Gasteiger partial charge in [-0.15, -0.1) is 5.10 Å². The molecule has 0 saturated heterocycles. The van der Waals surface area contributed by atoms with E-state index in [1.54, 1.807) is 10.9 Å². The third kappa shape index (κ3) is 2.53. The Labute approximate surface area is 106 Å². The second kappa shape index (κ2) is 4.68. The fraction of sp³-hybridized carbons (Fsp3) is 0.750. The molecule has 2 fully saturated rings. The minimum absolute atomic E-state index is 0.0349. The largest absolute Gasteiger partial charge is 0.334 e. The maximum Gasteiger partial charge on any atom is 0.276 e. The summed E-state index contributed by atoms with van der Waals surface area (Å²) in [5.74, 6) is 0.751. The summed E-state index contributed by atoms with van der Waals surface area (Å²) >= 11 is 0. The van der Waals surface area contributed by atoms with Crippen molar-refractivity contribution >= 4 is 5.91 Å². The van der Waals surface area contributed by atoms with Crippen LogP contribution < -0.4 is 5.73 Å². The molecule has 6 nitrogen and oxygen atoms in total.